The number of hydrogen-bond donors (Lipinski definition) is 0. The Labute approximate surface area is 339 Å². The minimum atomic E-state index is 0.986. The first-order valence-electron chi connectivity index (χ1n) is 20.4. The maximum absolute atomic E-state index is 5.26. The second-order valence-electron chi connectivity index (χ2n) is 15.9. The maximum atomic E-state index is 5.26. The first-order valence-corrected chi connectivity index (χ1v) is 20.4. The molecule has 0 aliphatic carbocycles. The molecule has 13 rings (SSSR count). The van der Waals surface area contributed by atoms with Crippen molar-refractivity contribution in [3.05, 3.63) is 206 Å². The van der Waals surface area contributed by atoms with Crippen LogP contribution in [0.4, 0.5) is 0 Å². The highest BCUT2D eigenvalue weighted by atomic mass is 15.0. The summed E-state index contributed by atoms with van der Waals surface area (Å²) in [5.74, 6) is 0. The number of pyridine rings is 1. The molecule has 0 atom stereocenters. The lowest BCUT2D eigenvalue weighted by Crippen LogP contribution is -1.94. The van der Waals surface area contributed by atoms with E-state index in [1.54, 1.807) is 0 Å². The van der Waals surface area contributed by atoms with E-state index in [1.807, 2.05) is 0 Å². The van der Waals surface area contributed by atoms with E-state index < -0.39 is 0 Å². The van der Waals surface area contributed by atoms with E-state index in [1.165, 1.54) is 104 Å². The fourth-order valence-corrected chi connectivity index (χ4v) is 9.96. The first-order chi connectivity index (χ1) is 29.2. The van der Waals surface area contributed by atoms with Crippen molar-refractivity contribution < 1.29 is 0 Å². The molecule has 0 bridgehead atoms. The minimum Gasteiger partial charge on any atom is -0.291 e. The number of benzene rings is 11. The third kappa shape index (κ3) is 4.78. The van der Waals surface area contributed by atoms with E-state index in [4.69, 9.17) is 4.98 Å². The monoisotopic (exact) mass is 746 g/mol. The fourth-order valence-electron chi connectivity index (χ4n) is 9.96. The zero-order valence-corrected chi connectivity index (χ0v) is 32.0. The molecule has 0 fully saturated rings. The predicted molar refractivity (Wildman–Crippen MR) is 252 cm³/mol. The van der Waals surface area contributed by atoms with Crippen LogP contribution in [-0.4, -0.2) is 9.38 Å². The van der Waals surface area contributed by atoms with Crippen LogP contribution < -0.4 is 0 Å². The Bertz CT molecular complexity index is 3910. The van der Waals surface area contributed by atoms with E-state index in [0.29, 0.717) is 0 Å². The molecule has 2 heterocycles. The summed E-state index contributed by atoms with van der Waals surface area (Å²) in [4.78, 5) is 5.26. The van der Waals surface area contributed by atoms with Gasteiger partial charge in [-0.25, -0.2) is 4.98 Å². The Morgan fingerprint density at radius 2 is 0.763 bits per heavy atom. The van der Waals surface area contributed by atoms with Crippen molar-refractivity contribution in [3.63, 3.8) is 0 Å². The maximum Gasteiger partial charge on any atom is 0.146 e. The molecule has 0 spiro atoms. The summed E-state index contributed by atoms with van der Waals surface area (Å²) in [7, 11) is 0. The second-order valence-corrected chi connectivity index (χ2v) is 15.9. The number of para-hydroxylation sites is 2. The summed E-state index contributed by atoms with van der Waals surface area (Å²) in [5, 5.41) is 16.0. The van der Waals surface area contributed by atoms with Gasteiger partial charge in [0.15, 0.2) is 0 Å². The molecule has 0 aliphatic heterocycles. The minimum absolute atomic E-state index is 0.986. The topological polar surface area (TPSA) is 17.3 Å². The Morgan fingerprint density at radius 3 is 1.46 bits per heavy atom. The molecule has 13 aromatic rings. The van der Waals surface area contributed by atoms with Gasteiger partial charge in [0.2, 0.25) is 0 Å². The summed E-state index contributed by atoms with van der Waals surface area (Å²) in [6.45, 7) is 0. The second kappa shape index (κ2) is 12.3. The summed E-state index contributed by atoms with van der Waals surface area (Å²) >= 11 is 0. The van der Waals surface area contributed by atoms with Gasteiger partial charge in [-0.05, 0) is 130 Å². The molecule has 11 aromatic carbocycles. The molecule has 2 aromatic heterocycles. The van der Waals surface area contributed by atoms with Crippen molar-refractivity contribution >= 4 is 92.2 Å². The summed E-state index contributed by atoms with van der Waals surface area (Å²) in [6, 6.07) is 76.1. The quantitative estimate of drug-likeness (QED) is 0.130. The van der Waals surface area contributed by atoms with Crippen LogP contribution in [0.1, 0.15) is 0 Å². The third-order valence-electron chi connectivity index (χ3n) is 12.7. The van der Waals surface area contributed by atoms with E-state index in [-0.39, 0.29) is 0 Å². The van der Waals surface area contributed by atoms with Crippen molar-refractivity contribution in [1.82, 2.24) is 9.38 Å². The molecule has 0 saturated heterocycles. The molecule has 0 amide bonds. The average molecular weight is 747 g/mol. The summed E-state index contributed by atoms with van der Waals surface area (Å²) in [6.07, 6.45) is 0. The van der Waals surface area contributed by atoms with Crippen LogP contribution in [0.3, 0.4) is 0 Å². The smallest absolute Gasteiger partial charge is 0.146 e. The van der Waals surface area contributed by atoms with Gasteiger partial charge in [-0.2, -0.15) is 0 Å². The van der Waals surface area contributed by atoms with Gasteiger partial charge in [-0.1, -0.05) is 164 Å². The van der Waals surface area contributed by atoms with E-state index in [2.05, 4.69) is 211 Å². The lowest BCUT2D eigenvalue weighted by atomic mass is 9.84. The molecule has 59 heavy (non-hydrogen) atoms. The summed E-state index contributed by atoms with van der Waals surface area (Å²) in [5.41, 5.74) is 11.6. The van der Waals surface area contributed by atoms with Crippen LogP contribution in [0.2, 0.25) is 0 Å². The zero-order valence-electron chi connectivity index (χ0n) is 32.0. The van der Waals surface area contributed by atoms with Crippen LogP contribution in [-0.2, 0) is 0 Å². The molecular formula is C57H34N2. The van der Waals surface area contributed by atoms with Gasteiger partial charge in [-0.3, -0.25) is 4.40 Å². The molecule has 0 unspecified atom stereocenters. The molecule has 0 N–H and O–H groups in total. The highest BCUT2D eigenvalue weighted by molar-refractivity contribution is 6.24. The molecule has 0 saturated carbocycles. The number of nitrogens with zero attached hydrogens (tertiary/aromatic N) is 2. The molecule has 2 heteroatoms. The Morgan fingerprint density at radius 1 is 0.288 bits per heavy atom. The highest BCUT2D eigenvalue weighted by Gasteiger charge is 2.20. The number of hydrogen-bond acceptors (Lipinski definition) is 1. The SMILES string of the molecule is c1ccc2cc(-c3c4ccccc4c(-c4ccc5ccccc5c4)c4cc(-c5ccc6c(c5)c5ccc7ccccc7c5n5c7ccccc7nc65)ccc34)ccc2c1. The van der Waals surface area contributed by atoms with Gasteiger partial charge in [0.1, 0.15) is 5.65 Å². The number of aromatic nitrogens is 2. The highest BCUT2D eigenvalue weighted by Crippen LogP contribution is 2.46. The van der Waals surface area contributed by atoms with Crippen molar-refractivity contribution in [2.24, 2.45) is 0 Å². The molecular weight excluding hydrogens is 713 g/mol. The van der Waals surface area contributed by atoms with E-state index in [9.17, 15) is 0 Å². The van der Waals surface area contributed by atoms with Crippen LogP contribution >= 0.6 is 0 Å². The number of rotatable bonds is 3. The summed E-state index contributed by atoms with van der Waals surface area (Å²) < 4.78 is 2.38. The normalized spacial score (nSPS) is 12.1. The lowest BCUT2D eigenvalue weighted by Gasteiger charge is -2.19. The van der Waals surface area contributed by atoms with Crippen LogP contribution in [0.5, 0.6) is 0 Å². The van der Waals surface area contributed by atoms with Crippen molar-refractivity contribution in [1.29, 1.82) is 0 Å². The van der Waals surface area contributed by atoms with Crippen LogP contribution in [0.15, 0.2) is 206 Å². The Kier molecular flexibility index (Phi) is 6.76. The Balaban J connectivity index is 1.12. The Hall–Kier alpha value is -7.81. The molecule has 0 aliphatic rings. The van der Waals surface area contributed by atoms with Gasteiger partial charge in [0.05, 0.1) is 16.6 Å². The first kappa shape index (κ1) is 32.3. The molecule has 0 radical (unpaired) electrons. The van der Waals surface area contributed by atoms with Crippen LogP contribution in [0, 0.1) is 0 Å². The van der Waals surface area contributed by atoms with Gasteiger partial charge in [0, 0.05) is 16.2 Å². The van der Waals surface area contributed by atoms with Crippen molar-refractivity contribution in [2.45, 2.75) is 0 Å². The zero-order chi connectivity index (χ0) is 38.6. The van der Waals surface area contributed by atoms with E-state index in [0.717, 1.165) is 22.1 Å². The van der Waals surface area contributed by atoms with Crippen molar-refractivity contribution in [3.8, 4) is 33.4 Å². The number of imidazole rings is 1. The van der Waals surface area contributed by atoms with Gasteiger partial charge >= 0.3 is 0 Å². The fraction of sp³-hybridized carbons (Fsp3) is 0. The van der Waals surface area contributed by atoms with Gasteiger partial charge in [-0.15, -0.1) is 0 Å². The van der Waals surface area contributed by atoms with Crippen LogP contribution in [0.25, 0.3) is 126 Å². The largest absolute Gasteiger partial charge is 0.291 e. The lowest BCUT2D eigenvalue weighted by molar-refractivity contribution is 1.32. The van der Waals surface area contributed by atoms with Gasteiger partial charge < -0.3 is 0 Å². The third-order valence-corrected chi connectivity index (χ3v) is 12.7. The van der Waals surface area contributed by atoms with Gasteiger partial charge in [0.25, 0.3) is 0 Å². The van der Waals surface area contributed by atoms with Crippen molar-refractivity contribution in [2.75, 3.05) is 0 Å². The molecule has 2 nitrogen and oxygen atoms in total. The van der Waals surface area contributed by atoms with E-state index >= 15 is 0 Å². The predicted octanol–water partition coefficient (Wildman–Crippen LogP) is 15.6. The standard InChI is InChI=1S/C57H34N2/c1-3-14-38-31-42(23-21-35(38)11-1)54-45-17-7-8-18-46(45)55(43-24-22-36-12-2-4-15-39(36)32-43)51-34-41(26-28-47(51)54)40-27-30-49-50(33-40)48-29-25-37-13-5-6-16-44(37)56(48)59-53-20-10-9-19-52(53)58-57(49)59/h1-34H. The number of fused-ring (bicyclic) bond motifs is 14. The average Bonchev–Trinajstić information content (AvgIpc) is 3.70. The molecule has 272 valence electrons.